The maximum atomic E-state index is 11.8. The summed E-state index contributed by atoms with van der Waals surface area (Å²) < 4.78 is 1.30. The Hall–Kier alpha value is -2.25. The second-order valence-electron chi connectivity index (χ2n) is 3.97. The van der Waals surface area contributed by atoms with Gasteiger partial charge in [-0.3, -0.25) is 14.9 Å². The normalized spacial score (nSPS) is 10.3. The van der Waals surface area contributed by atoms with Crippen LogP contribution in [0.4, 0.5) is 0 Å². The number of nitrogens with two attached hydrogens (primary N) is 1. The smallest absolute Gasteiger partial charge is 0.259 e. The molecule has 8 heteroatoms. The van der Waals surface area contributed by atoms with Crippen molar-refractivity contribution in [1.29, 1.82) is 0 Å². The monoisotopic (exact) mass is 293 g/mol. The average molecular weight is 294 g/mol. The summed E-state index contributed by atoms with van der Waals surface area (Å²) in [4.78, 5) is 23.6. The van der Waals surface area contributed by atoms with Crippen LogP contribution in [0, 0.1) is 0 Å². The zero-order valence-electron chi connectivity index (χ0n) is 10.4. The van der Waals surface area contributed by atoms with Crippen molar-refractivity contribution in [2.24, 2.45) is 5.73 Å². The lowest BCUT2D eigenvalue weighted by molar-refractivity contribution is -0.120. The molecule has 104 valence electrons. The van der Waals surface area contributed by atoms with Crippen LogP contribution in [0.3, 0.4) is 0 Å². The van der Waals surface area contributed by atoms with Gasteiger partial charge in [-0.1, -0.05) is 28.9 Å². The molecule has 2 amide bonds. The first-order chi connectivity index (χ1) is 9.60. The third-order valence-electron chi connectivity index (χ3n) is 2.47. The van der Waals surface area contributed by atoms with Crippen molar-refractivity contribution in [2.75, 3.05) is 0 Å². The number of halogens is 1. The van der Waals surface area contributed by atoms with E-state index < -0.39 is 11.8 Å². The number of carbonyl (C=O) groups is 2. The van der Waals surface area contributed by atoms with Crippen LogP contribution in [0.1, 0.15) is 16.1 Å². The lowest BCUT2D eigenvalue weighted by atomic mass is 10.2. The average Bonchev–Trinajstić information content (AvgIpc) is 2.86. The standard InChI is InChI=1S/C12H12ClN5O2/c13-10-4-2-1-3-9(10)12(20)15-11(19)7-18-6-8(5-14)16-17-18/h1-4,6H,5,7,14H2,(H,15,19,20). The molecule has 3 N–H and O–H groups in total. The molecule has 0 unspecified atom stereocenters. The molecular weight excluding hydrogens is 282 g/mol. The van der Waals surface area contributed by atoms with E-state index in [0.29, 0.717) is 5.69 Å². The number of nitrogens with one attached hydrogen (secondary N) is 1. The Labute approximate surface area is 119 Å². The number of amides is 2. The first-order valence-electron chi connectivity index (χ1n) is 5.78. The highest BCUT2D eigenvalue weighted by Gasteiger charge is 2.13. The number of rotatable bonds is 4. The van der Waals surface area contributed by atoms with Crippen LogP contribution < -0.4 is 11.1 Å². The van der Waals surface area contributed by atoms with Gasteiger partial charge in [0.15, 0.2) is 0 Å². The number of hydrogen-bond donors (Lipinski definition) is 2. The Balaban J connectivity index is 1.98. The van der Waals surface area contributed by atoms with E-state index in [9.17, 15) is 9.59 Å². The molecule has 0 saturated carbocycles. The number of aromatic nitrogens is 3. The summed E-state index contributed by atoms with van der Waals surface area (Å²) in [7, 11) is 0. The van der Waals surface area contributed by atoms with E-state index in [-0.39, 0.29) is 23.7 Å². The Kier molecular flexibility index (Phi) is 4.44. The van der Waals surface area contributed by atoms with E-state index in [2.05, 4.69) is 15.6 Å². The van der Waals surface area contributed by atoms with Gasteiger partial charge in [0.2, 0.25) is 5.91 Å². The predicted molar refractivity (Wildman–Crippen MR) is 71.8 cm³/mol. The van der Waals surface area contributed by atoms with Gasteiger partial charge >= 0.3 is 0 Å². The van der Waals surface area contributed by atoms with Gasteiger partial charge in [-0.2, -0.15) is 0 Å². The molecule has 20 heavy (non-hydrogen) atoms. The van der Waals surface area contributed by atoms with Crippen LogP contribution in [-0.2, 0) is 17.9 Å². The zero-order chi connectivity index (χ0) is 14.5. The number of hydrogen-bond acceptors (Lipinski definition) is 5. The van der Waals surface area contributed by atoms with Crippen molar-refractivity contribution in [3.05, 3.63) is 46.7 Å². The number of imide groups is 1. The number of nitrogens with zero attached hydrogens (tertiary/aromatic N) is 3. The second-order valence-corrected chi connectivity index (χ2v) is 4.38. The predicted octanol–water partition coefficient (Wildman–Crippen LogP) is 0.347. The van der Waals surface area contributed by atoms with Gasteiger partial charge in [0.25, 0.3) is 5.91 Å². The minimum absolute atomic E-state index is 0.122. The minimum atomic E-state index is -0.556. The molecule has 7 nitrogen and oxygen atoms in total. The minimum Gasteiger partial charge on any atom is -0.325 e. The van der Waals surface area contributed by atoms with Gasteiger partial charge in [-0.05, 0) is 12.1 Å². The summed E-state index contributed by atoms with van der Waals surface area (Å²) in [5.74, 6) is -1.07. The van der Waals surface area contributed by atoms with E-state index in [1.807, 2.05) is 0 Å². The molecule has 1 heterocycles. The van der Waals surface area contributed by atoms with Gasteiger partial charge in [0.05, 0.1) is 22.5 Å². The number of benzene rings is 1. The first-order valence-corrected chi connectivity index (χ1v) is 6.15. The molecule has 2 aromatic rings. The molecule has 0 atom stereocenters. The summed E-state index contributed by atoms with van der Waals surface area (Å²) in [6.07, 6.45) is 1.54. The topological polar surface area (TPSA) is 103 Å². The largest absolute Gasteiger partial charge is 0.325 e. The fourth-order valence-electron chi connectivity index (χ4n) is 1.54. The van der Waals surface area contributed by atoms with Crippen LogP contribution in [-0.4, -0.2) is 26.8 Å². The molecular formula is C12H12ClN5O2. The highest BCUT2D eigenvalue weighted by atomic mass is 35.5. The maximum absolute atomic E-state index is 11.8. The van der Waals surface area contributed by atoms with E-state index in [1.54, 1.807) is 24.4 Å². The van der Waals surface area contributed by atoms with E-state index in [0.717, 1.165) is 0 Å². The van der Waals surface area contributed by atoms with Crippen molar-refractivity contribution < 1.29 is 9.59 Å². The fraction of sp³-hybridized carbons (Fsp3) is 0.167. The van der Waals surface area contributed by atoms with Crippen molar-refractivity contribution in [2.45, 2.75) is 13.1 Å². The Morgan fingerprint density at radius 3 is 2.75 bits per heavy atom. The summed E-state index contributed by atoms with van der Waals surface area (Å²) >= 11 is 5.87. The second kappa shape index (κ2) is 6.27. The van der Waals surface area contributed by atoms with Crippen LogP contribution in [0.2, 0.25) is 5.02 Å². The molecule has 0 fully saturated rings. The van der Waals surface area contributed by atoms with Crippen LogP contribution in [0.15, 0.2) is 30.5 Å². The van der Waals surface area contributed by atoms with Crippen LogP contribution >= 0.6 is 11.6 Å². The van der Waals surface area contributed by atoms with Crippen LogP contribution in [0.5, 0.6) is 0 Å². The lowest BCUT2D eigenvalue weighted by Crippen LogP contribution is -2.33. The molecule has 0 bridgehead atoms. The highest BCUT2D eigenvalue weighted by Crippen LogP contribution is 2.14. The van der Waals surface area contributed by atoms with Gasteiger partial charge in [-0.25, -0.2) is 4.68 Å². The summed E-state index contributed by atoms with van der Waals surface area (Å²) in [5, 5.41) is 9.97. The van der Waals surface area contributed by atoms with E-state index in [4.69, 9.17) is 17.3 Å². The van der Waals surface area contributed by atoms with Crippen molar-refractivity contribution in [3.63, 3.8) is 0 Å². The molecule has 0 aliphatic carbocycles. The molecule has 0 radical (unpaired) electrons. The summed E-state index contributed by atoms with van der Waals surface area (Å²) in [5.41, 5.74) is 6.19. The number of carbonyl (C=O) groups excluding carboxylic acids is 2. The van der Waals surface area contributed by atoms with Crippen molar-refractivity contribution in [3.8, 4) is 0 Å². The van der Waals surface area contributed by atoms with Crippen LogP contribution in [0.25, 0.3) is 0 Å². The third-order valence-corrected chi connectivity index (χ3v) is 2.80. The highest BCUT2D eigenvalue weighted by molar-refractivity contribution is 6.34. The van der Waals surface area contributed by atoms with Crippen molar-refractivity contribution >= 4 is 23.4 Å². The molecule has 1 aromatic heterocycles. The zero-order valence-corrected chi connectivity index (χ0v) is 11.2. The molecule has 2 rings (SSSR count). The lowest BCUT2D eigenvalue weighted by Gasteiger charge is -2.05. The van der Waals surface area contributed by atoms with Gasteiger partial charge in [-0.15, -0.1) is 5.10 Å². The Morgan fingerprint density at radius 1 is 1.35 bits per heavy atom. The fourth-order valence-corrected chi connectivity index (χ4v) is 1.76. The Bertz CT molecular complexity index is 640. The first kappa shape index (κ1) is 14.2. The Morgan fingerprint density at radius 2 is 2.10 bits per heavy atom. The third kappa shape index (κ3) is 3.40. The molecule has 1 aromatic carbocycles. The molecule has 0 aliphatic heterocycles. The quantitative estimate of drug-likeness (QED) is 0.846. The molecule has 0 saturated heterocycles. The van der Waals surface area contributed by atoms with Gasteiger partial charge in [0, 0.05) is 6.54 Å². The molecule has 0 aliphatic rings. The SMILES string of the molecule is NCc1cn(CC(=O)NC(=O)c2ccccc2Cl)nn1. The van der Waals surface area contributed by atoms with Gasteiger partial charge < -0.3 is 5.73 Å². The van der Waals surface area contributed by atoms with E-state index >= 15 is 0 Å². The van der Waals surface area contributed by atoms with Crippen molar-refractivity contribution in [1.82, 2.24) is 20.3 Å². The van der Waals surface area contributed by atoms with E-state index in [1.165, 1.54) is 10.7 Å². The van der Waals surface area contributed by atoms with Gasteiger partial charge in [0.1, 0.15) is 6.54 Å². The summed E-state index contributed by atoms with van der Waals surface area (Å²) in [6, 6.07) is 6.47. The summed E-state index contributed by atoms with van der Waals surface area (Å²) in [6.45, 7) is 0.114. The molecule has 0 spiro atoms. The maximum Gasteiger partial charge on any atom is 0.259 e.